The zero-order valence-electron chi connectivity index (χ0n) is 11.0. The van der Waals surface area contributed by atoms with Crippen molar-refractivity contribution in [2.24, 2.45) is 0 Å². The molecule has 4 nitrogen and oxygen atoms in total. The molecule has 0 saturated carbocycles. The minimum atomic E-state index is -0.0944. The molecule has 104 valence electrons. The lowest BCUT2D eigenvalue weighted by molar-refractivity contribution is -0.123. The summed E-state index contributed by atoms with van der Waals surface area (Å²) in [5.74, 6) is 0.599. The highest BCUT2D eigenvalue weighted by molar-refractivity contribution is 6.30. The second-order valence-corrected chi connectivity index (χ2v) is 5.23. The molecule has 0 unspecified atom stereocenters. The molecule has 1 aromatic carbocycles. The minimum absolute atomic E-state index is 0.0369. The van der Waals surface area contributed by atoms with Crippen LogP contribution in [0.3, 0.4) is 0 Å². The van der Waals surface area contributed by atoms with E-state index in [1.807, 2.05) is 13.0 Å². The van der Waals surface area contributed by atoms with Crippen LogP contribution in [0.25, 0.3) is 0 Å². The lowest BCUT2D eigenvalue weighted by atomic mass is 10.2. The van der Waals surface area contributed by atoms with E-state index >= 15 is 0 Å². The van der Waals surface area contributed by atoms with Crippen LogP contribution in [0.2, 0.25) is 5.02 Å². The van der Waals surface area contributed by atoms with E-state index in [2.05, 4.69) is 10.6 Å². The maximum absolute atomic E-state index is 11.7. The molecule has 1 aliphatic rings. The summed E-state index contributed by atoms with van der Waals surface area (Å²) in [6.07, 6.45) is 2.30. The van der Waals surface area contributed by atoms with Gasteiger partial charge in [0.05, 0.1) is 0 Å². The standard InChI is InChI=1S/C14H19ClN2O2/c1-10-7-11(15)4-5-13(10)19-9-14(18)17-8-12-3-2-6-16-12/h4-5,7,12,16H,2-3,6,8-9H2,1H3,(H,17,18)/t12-/m0/s1. The largest absolute Gasteiger partial charge is 0.484 e. The molecular formula is C14H19ClN2O2. The van der Waals surface area contributed by atoms with Gasteiger partial charge in [-0.3, -0.25) is 4.79 Å². The molecule has 2 N–H and O–H groups in total. The van der Waals surface area contributed by atoms with Crippen LogP contribution in [0.5, 0.6) is 5.75 Å². The third kappa shape index (κ3) is 4.40. The third-order valence-corrected chi connectivity index (χ3v) is 3.44. The summed E-state index contributed by atoms with van der Waals surface area (Å²) >= 11 is 5.86. The molecule has 1 aliphatic heterocycles. The Labute approximate surface area is 118 Å². The molecule has 1 fully saturated rings. The topological polar surface area (TPSA) is 50.4 Å². The first-order valence-corrected chi connectivity index (χ1v) is 6.92. The number of amides is 1. The van der Waals surface area contributed by atoms with E-state index < -0.39 is 0 Å². The third-order valence-electron chi connectivity index (χ3n) is 3.20. The highest BCUT2D eigenvalue weighted by Crippen LogP contribution is 2.21. The van der Waals surface area contributed by atoms with Gasteiger partial charge in [0.15, 0.2) is 6.61 Å². The smallest absolute Gasteiger partial charge is 0.257 e. The van der Waals surface area contributed by atoms with E-state index in [0.29, 0.717) is 23.4 Å². The Kier molecular flexibility index (Phi) is 5.05. The van der Waals surface area contributed by atoms with Gasteiger partial charge in [0.1, 0.15) is 5.75 Å². The first kappa shape index (κ1) is 14.2. The van der Waals surface area contributed by atoms with E-state index in [1.165, 1.54) is 6.42 Å². The van der Waals surface area contributed by atoms with Gasteiger partial charge in [0.25, 0.3) is 5.91 Å². The first-order chi connectivity index (χ1) is 9.15. The maximum Gasteiger partial charge on any atom is 0.257 e. The van der Waals surface area contributed by atoms with E-state index in [-0.39, 0.29) is 12.5 Å². The zero-order chi connectivity index (χ0) is 13.7. The highest BCUT2D eigenvalue weighted by atomic mass is 35.5. The van der Waals surface area contributed by atoms with E-state index in [1.54, 1.807) is 12.1 Å². The second kappa shape index (κ2) is 6.78. The molecule has 1 amide bonds. The molecule has 1 saturated heterocycles. The van der Waals surface area contributed by atoms with Gasteiger partial charge in [-0.15, -0.1) is 0 Å². The van der Waals surface area contributed by atoms with E-state index in [9.17, 15) is 4.79 Å². The number of carbonyl (C=O) groups is 1. The van der Waals surface area contributed by atoms with Crippen molar-refractivity contribution < 1.29 is 9.53 Å². The summed E-state index contributed by atoms with van der Waals surface area (Å²) in [5, 5.41) is 6.87. The number of benzene rings is 1. The quantitative estimate of drug-likeness (QED) is 0.867. The van der Waals surface area contributed by atoms with Crippen molar-refractivity contribution in [3.8, 4) is 5.75 Å². The van der Waals surface area contributed by atoms with Crippen molar-refractivity contribution in [3.05, 3.63) is 28.8 Å². The summed E-state index contributed by atoms with van der Waals surface area (Å²) in [5.41, 5.74) is 0.928. The number of hydrogen-bond acceptors (Lipinski definition) is 3. The Morgan fingerprint density at radius 2 is 2.42 bits per heavy atom. The van der Waals surface area contributed by atoms with E-state index in [4.69, 9.17) is 16.3 Å². The molecule has 0 spiro atoms. The van der Waals surface area contributed by atoms with Crippen LogP contribution >= 0.6 is 11.6 Å². The van der Waals surface area contributed by atoms with Crippen LogP contribution in [-0.2, 0) is 4.79 Å². The van der Waals surface area contributed by atoms with Crippen LogP contribution in [0, 0.1) is 6.92 Å². The molecular weight excluding hydrogens is 264 g/mol. The van der Waals surface area contributed by atoms with Gasteiger partial charge in [-0.25, -0.2) is 0 Å². The number of hydrogen-bond donors (Lipinski definition) is 2. The summed E-state index contributed by atoms with van der Waals surface area (Å²) in [6.45, 7) is 3.65. The molecule has 1 aromatic rings. The van der Waals surface area contributed by atoms with Crippen LogP contribution in [0.4, 0.5) is 0 Å². The first-order valence-electron chi connectivity index (χ1n) is 6.54. The molecule has 5 heteroatoms. The highest BCUT2D eigenvalue weighted by Gasteiger charge is 2.14. The summed E-state index contributed by atoms with van der Waals surface area (Å²) in [4.78, 5) is 11.7. The summed E-state index contributed by atoms with van der Waals surface area (Å²) < 4.78 is 5.48. The lowest BCUT2D eigenvalue weighted by Crippen LogP contribution is -2.39. The molecule has 0 aromatic heterocycles. The Bertz CT molecular complexity index is 445. The zero-order valence-corrected chi connectivity index (χ0v) is 11.8. The number of aryl methyl sites for hydroxylation is 1. The molecule has 1 atom stereocenters. The van der Waals surface area contributed by atoms with E-state index in [0.717, 1.165) is 18.5 Å². The number of rotatable bonds is 5. The average molecular weight is 283 g/mol. The van der Waals surface area contributed by atoms with Gasteiger partial charge in [0, 0.05) is 17.6 Å². The van der Waals surface area contributed by atoms with Gasteiger partial charge in [-0.1, -0.05) is 11.6 Å². The lowest BCUT2D eigenvalue weighted by Gasteiger charge is -2.12. The fourth-order valence-corrected chi connectivity index (χ4v) is 2.36. The van der Waals surface area contributed by atoms with Gasteiger partial charge in [-0.2, -0.15) is 0 Å². The van der Waals surface area contributed by atoms with Crippen molar-refractivity contribution in [1.82, 2.24) is 10.6 Å². The Balaban J connectivity index is 1.73. The Morgan fingerprint density at radius 1 is 1.58 bits per heavy atom. The van der Waals surface area contributed by atoms with Gasteiger partial charge in [0.2, 0.25) is 0 Å². The molecule has 0 radical (unpaired) electrons. The molecule has 2 rings (SSSR count). The van der Waals surface area contributed by atoms with Crippen molar-refractivity contribution in [2.75, 3.05) is 19.7 Å². The van der Waals surface area contributed by atoms with Gasteiger partial charge in [-0.05, 0) is 50.1 Å². The second-order valence-electron chi connectivity index (χ2n) is 4.80. The van der Waals surface area contributed by atoms with Crippen LogP contribution in [0.1, 0.15) is 18.4 Å². The van der Waals surface area contributed by atoms with Crippen LogP contribution < -0.4 is 15.4 Å². The van der Waals surface area contributed by atoms with Gasteiger partial charge >= 0.3 is 0 Å². The molecule has 1 heterocycles. The van der Waals surface area contributed by atoms with Crippen molar-refractivity contribution in [3.63, 3.8) is 0 Å². The van der Waals surface area contributed by atoms with Crippen molar-refractivity contribution in [1.29, 1.82) is 0 Å². The SMILES string of the molecule is Cc1cc(Cl)ccc1OCC(=O)NC[C@@H]1CCCN1. The number of ether oxygens (including phenoxy) is 1. The average Bonchev–Trinajstić information content (AvgIpc) is 2.88. The van der Waals surface area contributed by atoms with Crippen molar-refractivity contribution in [2.45, 2.75) is 25.8 Å². The monoisotopic (exact) mass is 282 g/mol. The van der Waals surface area contributed by atoms with Crippen molar-refractivity contribution >= 4 is 17.5 Å². The van der Waals surface area contributed by atoms with Gasteiger partial charge < -0.3 is 15.4 Å². The fourth-order valence-electron chi connectivity index (χ4n) is 2.14. The summed E-state index contributed by atoms with van der Waals surface area (Å²) in [7, 11) is 0. The predicted molar refractivity (Wildman–Crippen MR) is 75.7 cm³/mol. The van der Waals surface area contributed by atoms with Crippen LogP contribution in [-0.4, -0.2) is 31.6 Å². The minimum Gasteiger partial charge on any atom is -0.484 e. The molecule has 0 bridgehead atoms. The molecule has 19 heavy (non-hydrogen) atoms. The summed E-state index contributed by atoms with van der Waals surface area (Å²) in [6, 6.07) is 5.76. The predicted octanol–water partition coefficient (Wildman–Crippen LogP) is 1.90. The Morgan fingerprint density at radius 3 is 3.11 bits per heavy atom. The Hall–Kier alpha value is -1.26. The maximum atomic E-state index is 11.7. The number of carbonyl (C=O) groups excluding carboxylic acids is 1. The molecule has 0 aliphatic carbocycles. The normalized spacial score (nSPS) is 18.3. The number of halogens is 1. The fraction of sp³-hybridized carbons (Fsp3) is 0.500. The number of nitrogens with one attached hydrogen (secondary N) is 2. The van der Waals surface area contributed by atoms with Crippen LogP contribution in [0.15, 0.2) is 18.2 Å².